The first kappa shape index (κ1) is 16.9. The summed E-state index contributed by atoms with van der Waals surface area (Å²) in [4.78, 5) is 4.59. The number of rotatable bonds is 5. The van der Waals surface area contributed by atoms with E-state index >= 15 is 0 Å². The van der Waals surface area contributed by atoms with Crippen LogP contribution in [0, 0.1) is 0 Å². The molecule has 124 valence electrons. The average Bonchev–Trinajstić information content (AvgIpc) is 2.43. The predicted octanol–water partition coefficient (Wildman–Crippen LogP) is 2.47. The van der Waals surface area contributed by atoms with Crippen molar-refractivity contribution in [1.82, 2.24) is 9.80 Å². The van der Waals surface area contributed by atoms with Crippen LogP contribution < -0.4 is 4.74 Å². The summed E-state index contributed by atoms with van der Waals surface area (Å²) in [6.07, 6.45) is -3.41. The monoisotopic (exact) mass is 318 g/mol. The van der Waals surface area contributed by atoms with Crippen molar-refractivity contribution in [3.63, 3.8) is 0 Å². The summed E-state index contributed by atoms with van der Waals surface area (Å²) >= 11 is 0. The van der Waals surface area contributed by atoms with Gasteiger partial charge in [0.2, 0.25) is 0 Å². The Morgan fingerprint density at radius 3 is 2.50 bits per heavy atom. The van der Waals surface area contributed by atoms with Crippen LogP contribution in [-0.4, -0.2) is 61.0 Å². The van der Waals surface area contributed by atoms with Crippen LogP contribution in [0.1, 0.15) is 12.0 Å². The minimum atomic E-state index is -4.71. The Kier molecular flexibility index (Phi) is 5.52. The van der Waals surface area contributed by atoms with E-state index in [-0.39, 0.29) is 11.5 Å². The zero-order chi connectivity index (χ0) is 16.2. The minimum absolute atomic E-state index is 0.00732. The van der Waals surface area contributed by atoms with E-state index < -0.39 is 6.36 Å². The first-order chi connectivity index (χ1) is 10.3. The number of aryl methyl sites for hydroxylation is 1. The zero-order valence-electron chi connectivity index (χ0n) is 12.6. The highest BCUT2D eigenvalue weighted by Gasteiger charge is 2.31. The largest absolute Gasteiger partial charge is 0.573 e. The molecule has 0 amide bonds. The lowest BCUT2D eigenvalue weighted by Crippen LogP contribution is -2.44. The second kappa shape index (κ2) is 7.19. The van der Waals surface area contributed by atoms with Gasteiger partial charge in [-0.2, -0.15) is 0 Å². The number of alkyl halides is 3. The van der Waals surface area contributed by atoms with E-state index in [0.29, 0.717) is 12.0 Å². The number of likely N-dealkylation sites (N-methyl/N-ethyl adjacent to an activating group) is 1. The molecule has 1 aliphatic heterocycles. The van der Waals surface area contributed by atoms with Crippen LogP contribution in [-0.2, 0) is 6.42 Å². The molecule has 1 fully saturated rings. The number of nitrogens with zero attached hydrogens (tertiary/aromatic N) is 2. The second-order valence-electron chi connectivity index (χ2n) is 5.59. The van der Waals surface area contributed by atoms with Crippen LogP contribution >= 0.6 is 0 Å². The number of aromatic hydroxyl groups is 1. The maximum absolute atomic E-state index is 12.2. The fourth-order valence-electron chi connectivity index (χ4n) is 2.52. The molecule has 1 heterocycles. The molecule has 22 heavy (non-hydrogen) atoms. The SMILES string of the molecule is CN1CCN(CCCc2cc(OC(F)(F)F)ccc2O)CC1. The van der Waals surface area contributed by atoms with Gasteiger partial charge < -0.3 is 19.6 Å². The molecule has 0 radical (unpaired) electrons. The van der Waals surface area contributed by atoms with E-state index in [1.807, 2.05) is 0 Å². The van der Waals surface area contributed by atoms with Crippen LogP contribution in [0.25, 0.3) is 0 Å². The number of hydrogen-bond donors (Lipinski definition) is 1. The first-order valence-electron chi connectivity index (χ1n) is 7.32. The molecule has 0 aliphatic carbocycles. The van der Waals surface area contributed by atoms with Crippen LogP contribution in [0.5, 0.6) is 11.5 Å². The van der Waals surface area contributed by atoms with Gasteiger partial charge in [-0.3, -0.25) is 0 Å². The number of ether oxygens (including phenoxy) is 1. The van der Waals surface area contributed by atoms with Gasteiger partial charge >= 0.3 is 6.36 Å². The summed E-state index contributed by atoms with van der Waals surface area (Å²) < 4.78 is 40.5. The van der Waals surface area contributed by atoms with E-state index in [9.17, 15) is 18.3 Å². The van der Waals surface area contributed by atoms with Crippen LogP contribution in [0.3, 0.4) is 0 Å². The van der Waals surface area contributed by atoms with Gasteiger partial charge in [0, 0.05) is 26.2 Å². The highest BCUT2D eigenvalue weighted by molar-refractivity contribution is 5.39. The molecule has 1 aromatic carbocycles. The highest BCUT2D eigenvalue weighted by Crippen LogP contribution is 2.28. The highest BCUT2D eigenvalue weighted by atomic mass is 19.4. The Balaban J connectivity index is 1.85. The van der Waals surface area contributed by atoms with Gasteiger partial charge in [-0.05, 0) is 50.2 Å². The number of piperazine rings is 1. The van der Waals surface area contributed by atoms with E-state index in [2.05, 4.69) is 21.6 Å². The number of benzene rings is 1. The molecule has 1 N–H and O–H groups in total. The minimum Gasteiger partial charge on any atom is -0.508 e. The molecule has 0 saturated carbocycles. The Hall–Kier alpha value is -1.47. The fourth-order valence-corrected chi connectivity index (χ4v) is 2.52. The molecule has 7 heteroatoms. The third kappa shape index (κ3) is 5.38. The number of hydrogen-bond acceptors (Lipinski definition) is 4. The van der Waals surface area contributed by atoms with E-state index in [4.69, 9.17) is 0 Å². The Morgan fingerprint density at radius 2 is 1.86 bits per heavy atom. The summed E-state index contributed by atoms with van der Waals surface area (Å²) in [5.41, 5.74) is 0.482. The lowest BCUT2D eigenvalue weighted by atomic mass is 10.1. The fraction of sp³-hybridized carbons (Fsp3) is 0.600. The summed E-state index contributed by atoms with van der Waals surface area (Å²) in [6.45, 7) is 4.93. The molecule has 0 unspecified atom stereocenters. The molecule has 0 bridgehead atoms. The molecule has 4 nitrogen and oxygen atoms in total. The van der Waals surface area contributed by atoms with E-state index in [0.717, 1.165) is 45.2 Å². The van der Waals surface area contributed by atoms with Crippen molar-refractivity contribution in [1.29, 1.82) is 0 Å². The second-order valence-corrected chi connectivity index (χ2v) is 5.59. The zero-order valence-corrected chi connectivity index (χ0v) is 12.6. The molecule has 2 rings (SSSR count). The van der Waals surface area contributed by atoms with Crippen molar-refractivity contribution < 1.29 is 23.0 Å². The number of halogens is 3. The van der Waals surface area contributed by atoms with E-state index in [1.54, 1.807) is 0 Å². The van der Waals surface area contributed by atoms with E-state index in [1.165, 1.54) is 12.1 Å². The van der Waals surface area contributed by atoms with Crippen molar-refractivity contribution in [3.8, 4) is 11.5 Å². The van der Waals surface area contributed by atoms with Crippen molar-refractivity contribution in [2.75, 3.05) is 39.8 Å². The quantitative estimate of drug-likeness (QED) is 0.905. The van der Waals surface area contributed by atoms with Crippen molar-refractivity contribution >= 4 is 0 Å². The smallest absolute Gasteiger partial charge is 0.508 e. The summed E-state index contributed by atoms with van der Waals surface area (Å²) in [7, 11) is 2.08. The summed E-state index contributed by atoms with van der Waals surface area (Å²) in [5, 5.41) is 9.75. The Morgan fingerprint density at radius 1 is 1.18 bits per heavy atom. The lowest BCUT2D eigenvalue weighted by molar-refractivity contribution is -0.274. The molecule has 1 aromatic rings. The number of phenolic OH excluding ortho intramolecular Hbond substituents is 1. The molecule has 1 saturated heterocycles. The summed E-state index contributed by atoms with van der Waals surface area (Å²) in [6, 6.07) is 3.62. The standard InChI is InChI=1S/C15H21F3N2O2/c1-19-7-9-20(10-8-19)6-2-3-12-11-13(4-5-14(12)21)22-15(16,17)18/h4-5,11,21H,2-3,6-10H2,1H3. The Bertz CT molecular complexity index is 486. The molecule has 0 spiro atoms. The third-order valence-electron chi connectivity index (χ3n) is 3.80. The topological polar surface area (TPSA) is 35.9 Å². The first-order valence-corrected chi connectivity index (χ1v) is 7.32. The van der Waals surface area contributed by atoms with Crippen LogP contribution in [0.15, 0.2) is 18.2 Å². The molecular weight excluding hydrogens is 297 g/mol. The van der Waals surface area contributed by atoms with Crippen molar-refractivity contribution in [2.24, 2.45) is 0 Å². The lowest BCUT2D eigenvalue weighted by Gasteiger charge is -2.32. The molecular formula is C15H21F3N2O2. The normalized spacial score (nSPS) is 17.6. The molecule has 0 atom stereocenters. The number of phenols is 1. The van der Waals surface area contributed by atoms with Gasteiger partial charge in [-0.1, -0.05) is 0 Å². The van der Waals surface area contributed by atoms with Gasteiger partial charge in [0.15, 0.2) is 0 Å². The third-order valence-corrected chi connectivity index (χ3v) is 3.80. The predicted molar refractivity (Wildman–Crippen MR) is 77.0 cm³/mol. The average molecular weight is 318 g/mol. The van der Waals surface area contributed by atoms with Crippen LogP contribution in [0.4, 0.5) is 13.2 Å². The van der Waals surface area contributed by atoms with Crippen molar-refractivity contribution in [3.05, 3.63) is 23.8 Å². The van der Waals surface area contributed by atoms with Gasteiger partial charge in [0.05, 0.1) is 0 Å². The van der Waals surface area contributed by atoms with Crippen molar-refractivity contribution in [2.45, 2.75) is 19.2 Å². The maximum Gasteiger partial charge on any atom is 0.573 e. The molecule has 0 aromatic heterocycles. The summed E-state index contributed by atoms with van der Waals surface area (Å²) in [5.74, 6) is -0.284. The van der Waals surface area contributed by atoms with Gasteiger partial charge in [-0.15, -0.1) is 13.2 Å². The van der Waals surface area contributed by atoms with Gasteiger partial charge in [-0.25, -0.2) is 0 Å². The maximum atomic E-state index is 12.2. The van der Waals surface area contributed by atoms with Crippen LogP contribution in [0.2, 0.25) is 0 Å². The molecule has 1 aliphatic rings. The Labute approximate surface area is 128 Å². The van der Waals surface area contributed by atoms with Gasteiger partial charge in [0.1, 0.15) is 11.5 Å². The van der Waals surface area contributed by atoms with Gasteiger partial charge in [0.25, 0.3) is 0 Å².